The zero-order valence-corrected chi connectivity index (χ0v) is 15.1. The topological polar surface area (TPSA) is 84.9 Å². The summed E-state index contributed by atoms with van der Waals surface area (Å²) in [5, 5.41) is 2.71. The number of ether oxygens (including phenoxy) is 2. The number of carbonyl (C=O) groups is 3. The predicted molar refractivity (Wildman–Crippen MR) is 85.2 cm³/mol. The lowest BCUT2D eigenvalue weighted by atomic mass is 10.1. The molecule has 0 saturated carbocycles. The fraction of sp³-hybridized carbons (Fsp3) is 0.812. The minimum absolute atomic E-state index is 0.135. The van der Waals surface area contributed by atoms with E-state index in [9.17, 15) is 14.4 Å². The maximum atomic E-state index is 12.2. The van der Waals surface area contributed by atoms with E-state index in [0.29, 0.717) is 6.42 Å². The van der Waals surface area contributed by atoms with Crippen molar-refractivity contribution in [1.82, 2.24) is 10.2 Å². The summed E-state index contributed by atoms with van der Waals surface area (Å²) in [7, 11) is 0. The van der Waals surface area contributed by atoms with Gasteiger partial charge in [0.25, 0.3) is 0 Å². The summed E-state index contributed by atoms with van der Waals surface area (Å²) in [5.74, 6) is -0.135. The molecular formula is C16H28N2O5. The Kier molecular flexibility index (Phi) is 5.66. The van der Waals surface area contributed by atoms with Gasteiger partial charge in [-0.05, 0) is 54.9 Å². The third-order valence-corrected chi connectivity index (χ3v) is 3.12. The van der Waals surface area contributed by atoms with E-state index in [1.165, 1.54) is 11.8 Å². The quantitative estimate of drug-likeness (QED) is 0.842. The van der Waals surface area contributed by atoms with Gasteiger partial charge in [-0.15, -0.1) is 0 Å². The van der Waals surface area contributed by atoms with Gasteiger partial charge in [-0.3, -0.25) is 9.69 Å². The van der Waals surface area contributed by atoms with Crippen LogP contribution in [0.25, 0.3) is 0 Å². The Bertz CT molecular complexity index is 476. The highest BCUT2D eigenvalue weighted by atomic mass is 16.6. The maximum absolute atomic E-state index is 12.2. The standard InChI is InChI=1S/C16H28N2O5/c1-10(19)12-8-11(17-13(20)22-15(2,3)4)9-18(12)14(21)23-16(5,6)7/h11-12H,8-9H2,1-7H3,(H,17,20)/t11-,12-/m0/s1. The lowest BCUT2D eigenvalue weighted by Crippen LogP contribution is -2.44. The van der Waals surface area contributed by atoms with E-state index in [0.717, 1.165) is 0 Å². The molecule has 0 aromatic carbocycles. The monoisotopic (exact) mass is 328 g/mol. The number of rotatable bonds is 2. The van der Waals surface area contributed by atoms with Gasteiger partial charge in [0, 0.05) is 6.54 Å². The molecule has 0 unspecified atom stereocenters. The Balaban J connectivity index is 2.73. The molecule has 1 N–H and O–H groups in total. The molecule has 1 aliphatic heterocycles. The third-order valence-electron chi connectivity index (χ3n) is 3.12. The minimum Gasteiger partial charge on any atom is -0.444 e. The first kappa shape index (κ1) is 19.3. The molecule has 0 aromatic heterocycles. The Hall–Kier alpha value is -1.79. The van der Waals surface area contributed by atoms with E-state index in [1.807, 2.05) is 0 Å². The SMILES string of the molecule is CC(=O)[C@@H]1C[C@H](NC(=O)OC(C)(C)C)CN1C(=O)OC(C)(C)C. The molecule has 1 heterocycles. The molecule has 0 bridgehead atoms. The summed E-state index contributed by atoms with van der Waals surface area (Å²) >= 11 is 0. The number of nitrogens with one attached hydrogen (secondary N) is 1. The molecule has 0 aliphatic carbocycles. The smallest absolute Gasteiger partial charge is 0.410 e. The largest absolute Gasteiger partial charge is 0.444 e. The second kappa shape index (κ2) is 6.76. The van der Waals surface area contributed by atoms with Gasteiger partial charge in [-0.2, -0.15) is 0 Å². The van der Waals surface area contributed by atoms with Gasteiger partial charge in [-0.25, -0.2) is 9.59 Å². The molecule has 0 aromatic rings. The normalized spacial score (nSPS) is 21.8. The molecule has 2 amide bonds. The molecule has 1 aliphatic rings. The average molecular weight is 328 g/mol. The van der Waals surface area contributed by atoms with Crippen molar-refractivity contribution in [3.8, 4) is 0 Å². The van der Waals surface area contributed by atoms with Crippen LogP contribution in [0.3, 0.4) is 0 Å². The number of alkyl carbamates (subject to hydrolysis) is 1. The zero-order valence-electron chi connectivity index (χ0n) is 15.1. The Morgan fingerprint density at radius 2 is 1.52 bits per heavy atom. The molecular weight excluding hydrogens is 300 g/mol. The average Bonchev–Trinajstić information content (AvgIpc) is 2.67. The molecule has 1 saturated heterocycles. The van der Waals surface area contributed by atoms with Crippen molar-refractivity contribution < 1.29 is 23.9 Å². The van der Waals surface area contributed by atoms with Crippen molar-refractivity contribution in [3.63, 3.8) is 0 Å². The molecule has 1 rings (SSSR count). The van der Waals surface area contributed by atoms with Crippen LogP contribution >= 0.6 is 0 Å². The van der Waals surface area contributed by atoms with Gasteiger partial charge in [0.2, 0.25) is 0 Å². The number of ketones is 1. The first-order chi connectivity index (χ1) is 10.3. The number of carbonyl (C=O) groups excluding carboxylic acids is 3. The fourth-order valence-electron chi connectivity index (χ4n) is 2.32. The van der Waals surface area contributed by atoms with Gasteiger partial charge in [-0.1, -0.05) is 0 Å². The molecule has 132 valence electrons. The highest BCUT2D eigenvalue weighted by Gasteiger charge is 2.40. The van der Waals surface area contributed by atoms with Gasteiger partial charge < -0.3 is 14.8 Å². The molecule has 7 heteroatoms. The second-order valence-corrected chi connectivity index (χ2v) is 7.84. The molecule has 2 atom stereocenters. The highest BCUT2D eigenvalue weighted by Crippen LogP contribution is 2.22. The van der Waals surface area contributed by atoms with Gasteiger partial charge in [0.15, 0.2) is 5.78 Å². The Labute approximate surface area is 137 Å². The summed E-state index contributed by atoms with van der Waals surface area (Å²) in [5.41, 5.74) is -1.25. The van der Waals surface area contributed by atoms with Crippen molar-refractivity contribution in [3.05, 3.63) is 0 Å². The zero-order chi connectivity index (χ0) is 18.0. The van der Waals surface area contributed by atoms with Crippen LogP contribution in [0.5, 0.6) is 0 Å². The molecule has 0 spiro atoms. The summed E-state index contributed by atoms with van der Waals surface area (Å²) in [6.45, 7) is 12.3. The fourth-order valence-corrected chi connectivity index (χ4v) is 2.32. The first-order valence-electron chi connectivity index (χ1n) is 7.78. The molecule has 7 nitrogen and oxygen atoms in total. The van der Waals surface area contributed by atoms with Crippen LogP contribution < -0.4 is 5.32 Å². The van der Waals surface area contributed by atoms with Crippen molar-refractivity contribution in [2.24, 2.45) is 0 Å². The summed E-state index contributed by atoms with van der Waals surface area (Å²) in [6.07, 6.45) is -0.754. The van der Waals surface area contributed by atoms with Crippen molar-refractivity contribution >= 4 is 18.0 Å². The maximum Gasteiger partial charge on any atom is 0.410 e. The number of Topliss-reactive ketones (excluding diaryl/α,β-unsaturated/α-hetero) is 1. The summed E-state index contributed by atoms with van der Waals surface area (Å²) in [6, 6.07) is -0.934. The van der Waals surface area contributed by atoms with Crippen LogP contribution in [0, 0.1) is 0 Å². The Morgan fingerprint density at radius 3 is 1.96 bits per heavy atom. The van der Waals surface area contributed by atoms with E-state index in [-0.39, 0.29) is 18.4 Å². The lowest BCUT2D eigenvalue weighted by molar-refractivity contribution is -0.121. The van der Waals surface area contributed by atoms with E-state index >= 15 is 0 Å². The van der Waals surface area contributed by atoms with Crippen molar-refractivity contribution in [2.75, 3.05) is 6.54 Å². The summed E-state index contributed by atoms with van der Waals surface area (Å²) < 4.78 is 10.5. The van der Waals surface area contributed by atoms with E-state index in [4.69, 9.17) is 9.47 Å². The minimum atomic E-state index is -0.644. The van der Waals surface area contributed by atoms with Gasteiger partial charge >= 0.3 is 12.2 Å². The van der Waals surface area contributed by atoms with Gasteiger partial charge in [0.05, 0.1) is 12.1 Å². The number of nitrogens with zero attached hydrogens (tertiary/aromatic N) is 1. The summed E-state index contributed by atoms with van der Waals surface area (Å²) in [4.78, 5) is 37.3. The van der Waals surface area contributed by atoms with Crippen molar-refractivity contribution in [2.45, 2.75) is 78.2 Å². The Morgan fingerprint density at radius 1 is 1.00 bits per heavy atom. The van der Waals surface area contributed by atoms with Crippen LogP contribution in [0.1, 0.15) is 54.9 Å². The number of hydrogen-bond acceptors (Lipinski definition) is 5. The molecule has 23 heavy (non-hydrogen) atoms. The number of likely N-dealkylation sites (tertiary alicyclic amines) is 1. The van der Waals surface area contributed by atoms with Crippen LogP contribution in [0.15, 0.2) is 0 Å². The number of hydrogen-bond donors (Lipinski definition) is 1. The van der Waals surface area contributed by atoms with Gasteiger partial charge in [0.1, 0.15) is 11.2 Å². The van der Waals surface area contributed by atoms with E-state index in [2.05, 4.69) is 5.32 Å². The number of amides is 2. The van der Waals surface area contributed by atoms with Crippen LogP contribution in [0.4, 0.5) is 9.59 Å². The molecule has 0 radical (unpaired) electrons. The lowest BCUT2D eigenvalue weighted by Gasteiger charge is -2.27. The van der Waals surface area contributed by atoms with Crippen molar-refractivity contribution in [1.29, 1.82) is 0 Å². The molecule has 1 fully saturated rings. The van der Waals surface area contributed by atoms with E-state index in [1.54, 1.807) is 41.5 Å². The van der Waals surface area contributed by atoms with Crippen LogP contribution in [0.2, 0.25) is 0 Å². The highest BCUT2D eigenvalue weighted by molar-refractivity contribution is 5.86. The second-order valence-electron chi connectivity index (χ2n) is 7.84. The predicted octanol–water partition coefficient (Wildman–Crippen LogP) is 2.48. The van der Waals surface area contributed by atoms with Crippen LogP contribution in [-0.4, -0.2) is 52.7 Å². The van der Waals surface area contributed by atoms with Crippen LogP contribution in [-0.2, 0) is 14.3 Å². The van der Waals surface area contributed by atoms with E-state index < -0.39 is 29.4 Å². The first-order valence-corrected chi connectivity index (χ1v) is 7.78. The third kappa shape index (κ3) is 6.46.